The average Bonchev–Trinajstić information content (AvgIpc) is 2.19. The van der Waals surface area contributed by atoms with Crippen LogP contribution in [0.15, 0.2) is 24.3 Å². The van der Waals surface area contributed by atoms with Crippen molar-refractivity contribution in [1.29, 1.82) is 0 Å². The molecule has 0 spiro atoms. The Morgan fingerprint density at radius 3 is 2.35 bits per heavy atom. The van der Waals surface area contributed by atoms with Crippen molar-refractivity contribution in [3.05, 3.63) is 24.3 Å². The molecule has 5 heteroatoms. The Morgan fingerprint density at radius 2 is 1.82 bits per heavy atom. The number of esters is 2. The summed E-state index contributed by atoms with van der Waals surface area (Å²) in [7, 11) is 0. The van der Waals surface area contributed by atoms with Crippen LogP contribution < -0.4 is 4.74 Å². The first-order valence-electron chi connectivity index (χ1n) is 5.03. The highest BCUT2D eigenvalue weighted by molar-refractivity contribution is 5.84. The average molecular weight is 238 g/mol. The summed E-state index contributed by atoms with van der Waals surface area (Å²) in [5.41, 5.74) is -1.39. The summed E-state index contributed by atoms with van der Waals surface area (Å²) < 4.78 is 9.76. The first-order valence-corrected chi connectivity index (χ1v) is 5.03. The van der Waals surface area contributed by atoms with E-state index in [0.717, 1.165) is 0 Å². The molecule has 17 heavy (non-hydrogen) atoms. The van der Waals surface area contributed by atoms with Gasteiger partial charge in [-0.25, -0.2) is 4.79 Å². The van der Waals surface area contributed by atoms with E-state index in [1.165, 1.54) is 32.9 Å². The highest BCUT2D eigenvalue weighted by Crippen LogP contribution is 2.26. The third-order valence-corrected chi connectivity index (χ3v) is 1.96. The molecule has 1 aromatic rings. The van der Waals surface area contributed by atoms with E-state index >= 15 is 0 Å². The van der Waals surface area contributed by atoms with Gasteiger partial charge < -0.3 is 14.6 Å². The van der Waals surface area contributed by atoms with Gasteiger partial charge in [0.15, 0.2) is 11.5 Å². The second-order valence-corrected chi connectivity index (χ2v) is 3.96. The van der Waals surface area contributed by atoms with Crippen LogP contribution in [-0.4, -0.2) is 22.6 Å². The van der Waals surface area contributed by atoms with Crippen molar-refractivity contribution in [2.75, 3.05) is 0 Å². The number of benzene rings is 1. The number of carbonyl (C=O) groups is 2. The van der Waals surface area contributed by atoms with Gasteiger partial charge in [-0.3, -0.25) is 4.79 Å². The lowest BCUT2D eigenvalue weighted by Crippen LogP contribution is -2.39. The molecule has 92 valence electrons. The second kappa shape index (κ2) is 4.86. The Morgan fingerprint density at radius 1 is 1.24 bits per heavy atom. The monoisotopic (exact) mass is 238 g/mol. The number of para-hydroxylation sites is 2. The molecule has 1 aromatic carbocycles. The van der Waals surface area contributed by atoms with Crippen LogP contribution in [0.1, 0.15) is 20.8 Å². The summed E-state index contributed by atoms with van der Waals surface area (Å²) in [4.78, 5) is 22.5. The molecule has 0 aliphatic carbocycles. The fourth-order valence-electron chi connectivity index (χ4n) is 1.17. The summed E-state index contributed by atoms with van der Waals surface area (Å²) in [5.74, 6) is -1.46. The molecule has 0 unspecified atom stereocenters. The van der Waals surface area contributed by atoms with Gasteiger partial charge in [0.1, 0.15) is 0 Å². The molecular formula is C12H14O5. The fourth-order valence-corrected chi connectivity index (χ4v) is 1.17. The zero-order valence-corrected chi connectivity index (χ0v) is 9.89. The lowest BCUT2D eigenvalue weighted by Gasteiger charge is -2.22. The predicted octanol–water partition coefficient (Wildman–Crippen LogP) is 1.64. The third-order valence-electron chi connectivity index (χ3n) is 1.96. The smallest absolute Gasteiger partial charge is 0.355 e. The minimum Gasteiger partial charge on any atom is -0.504 e. The molecule has 0 atom stereocenters. The van der Waals surface area contributed by atoms with E-state index in [2.05, 4.69) is 0 Å². The molecule has 0 saturated carbocycles. The van der Waals surface area contributed by atoms with Crippen molar-refractivity contribution < 1.29 is 24.2 Å². The predicted molar refractivity (Wildman–Crippen MR) is 59.6 cm³/mol. The highest BCUT2D eigenvalue weighted by atomic mass is 16.6. The highest BCUT2D eigenvalue weighted by Gasteiger charge is 2.33. The SMILES string of the molecule is CC(=O)OC(C)(C)C(=O)Oc1ccccc1O. The number of rotatable bonds is 3. The van der Waals surface area contributed by atoms with E-state index in [4.69, 9.17) is 9.47 Å². The Hall–Kier alpha value is -2.04. The van der Waals surface area contributed by atoms with Crippen molar-refractivity contribution >= 4 is 11.9 Å². The van der Waals surface area contributed by atoms with Crippen molar-refractivity contribution in [3.8, 4) is 11.5 Å². The quantitative estimate of drug-likeness (QED) is 0.640. The first kappa shape index (κ1) is 13.0. The van der Waals surface area contributed by atoms with Gasteiger partial charge >= 0.3 is 11.9 Å². The van der Waals surface area contributed by atoms with E-state index < -0.39 is 17.5 Å². The summed E-state index contributed by atoms with van der Waals surface area (Å²) in [6.45, 7) is 4.03. The van der Waals surface area contributed by atoms with Gasteiger partial charge in [0.2, 0.25) is 5.60 Å². The lowest BCUT2D eigenvalue weighted by molar-refractivity contribution is -0.170. The summed E-state index contributed by atoms with van der Waals surface area (Å²) in [5, 5.41) is 9.42. The van der Waals surface area contributed by atoms with Crippen molar-refractivity contribution in [1.82, 2.24) is 0 Å². The van der Waals surface area contributed by atoms with Crippen LogP contribution in [0.3, 0.4) is 0 Å². The zero-order chi connectivity index (χ0) is 13.1. The van der Waals surface area contributed by atoms with E-state index in [-0.39, 0.29) is 11.5 Å². The number of aromatic hydroxyl groups is 1. The van der Waals surface area contributed by atoms with E-state index in [0.29, 0.717) is 0 Å². The van der Waals surface area contributed by atoms with Gasteiger partial charge in [-0.05, 0) is 26.0 Å². The molecule has 0 aliphatic heterocycles. The van der Waals surface area contributed by atoms with Crippen LogP contribution in [0.2, 0.25) is 0 Å². The molecule has 1 N–H and O–H groups in total. The van der Waals surface area contributed by atoms with Crippen molar-refractivity contribution in [3.63, 3.8) is 0 Å². The van der Waals surface area contributed by atoms with Crippen LogP contribution in [0.25, 0.3) is 0 Å². The van der Waals surface area contributed by atoms with Crippen LogP contribution >= 0.6 is 0 Å². The largest absolute Gasteiger partial charge is 0.504 e. The van der Waals surface area contributed by atoms with Gasteiger partial charge in [-0.1, -0.05) is 12.1 Å². The van der Waals surface area contributed by atoms with Crippen LogP contribution in [0.4, 0.5) is 0 Å². The fraction of sp³-hybridized carbons (Fsp3) is 0.333. The summed E-state index contributed by atoms with van der Waals surface area (Å²) >= 11 is 0. The topological polar surface area (TPSA) is 72.8 Å². The molecule has 0 saturated heterocycles. The molecule has 0 bridgehead atoms. The Balaban J connectivity index is 2.79. The number of hydrogen-bond donors (Lipinski definition) is 1. The minimum absolute atomic E-state index is 0.0257. The third kappa shape index (κ3) is 3.48. The van der Waals surface area contributed by atoms with Gasteiger partial charge in [-0.2, -0.15) is 0 Å². The van der Waals surface area contributed by atoms with Gasteiger partial charge in [0.05, 0.1) is 0 Å². The van der Waals surface area contributed by atoms with Crippen molar-refractivity contribution in [2.45, 2.75) is 26.4 Å². The Kier molecular flexibility index (Phi) is 3.73. The molecule has 0 aromatic heterocycles. The second-order valence-electron chi connectivity index (χ2n) is 3.96. The van der Waals surface area contributed by atoms with Crippen LogP contribution in [-0.2, 0) is 14.3 Å². The van der Waals surface area contributed by atoms with E-state index in [1.54, 1.807) is 12.1 Å². The van der Waals surface area contributed by atoms with Gasteiger partial charge in [-0.15, -0.1) is 0 Å². The molecule has 0 amide bonds. The molecule has 0 radical (unpaired) electrons. The standard InChI is InChI=1S/C12H14O5/c1-8(13)17-12(2,3)11(15)16-10-7-5-4-6-9(10)14/h4-7,14H,1-3H3. The first-order chi connectivity index (χ1) is 7.83. The molecule has 5 nitrogen and oxygen atoms in total. The van der Waals surface area contributed by atoms with Gasteiger partial charge in [0.25, 0.3) is 0 Å². The van der Waals surface area contributed by atoms with Crippen LogP contribution in [0, 0.1) is 0 Å². The number of hydrogen-bond acceptors (Lipinski definition) is 5. The Labute approximate surface area is 99.0 Å². The van der Waals surface area contributed by atoms with Crippen LogP contribution in [0.5, 0.6) is 11.5 Å². The summed E-state index contributed by atoms with van der Waals surface area (Å²) in [6.07, 6.45) is 0. The number of phenolic OH excluding ortho intramolecular Hbond substituents is 1. The number of ether oxygens (including phenoxy) is 2. The van der Waals surface area contributed by atoms with E-state index in [9.17, 15) is 14.7 Å². The maximum Gasteiger partial charge on any atom is 0.355 e. The minimum atomic E-state index is -1.39. The van der Waals surface area contributed by atoms with Crippen molar-refractivity contribution in [2.24, 2.45) is 0 Å². The maximum atomic E-state index is 11.7. The molecular weight excluding hydrogens is 224 g/mol. The molecule has 0 heterocycles. The summed E-state index contributed by atoms with van der Waals surface area (Å²) in [6, 6.07) is 6.05. The Bertz CT molecular complexity index is 436. The van der Waals surface area contributed by atoms with Gasteiger partial charge in [0, 0.05) is 6.92 Å². The number of carbonyl (C=O) groups excluding carboxylic acids is 2. The number of phenols is 1. The molecule has 0 fully saturated rings. The lowest BCUT2D eigenvalue weighted by atomic mass is 10.1. The maximum absolute atomic E-state index is 11.7. The zero-order valence-electron chi connectivity index (χ0n) is 9.89. The molecule has 1 rings (SSSR count). The normalized spacial score (nSPS) is 10.8. The van der Waals surface area contributed by atoms with E-state index in [1.807, 2.05) is 0 Å². The molecule has 0 aliphatic rings.